The van der Waals surface area contributed by atoms with Crippen molar-refractivity contribution >= 4 is 17.9 Å². The summed E-state index contributed by atoms with van der Waals surface area (Å²) in [4.78, 5) is 35.3. The summed E-state index contributed by atoms with van der Waals surface area (Å²) in [5.74, 6) is -0.571. The van der Waals surface area contributed by atoms with Gasteiger partial charge < -0.3 is 19.3 Å². The van der Waals surface area contributed by atoms with Crippen LogP contribution in [0.15, 0.2) is 11.6 Å². The van der Waals surface area contributed by atoms with E-state index in [1.807, 2.05) is 0 Å². The van der Waals surface area contributed by atoms with Gasteiger partial charge >= 0.3 is 17.9 Å². The van der Waals surface area contributed by atoms with Gasteiger partial charge in [-0.1, -0.05) is 19.4 Å². The molecule has 1 N–H and O–H groups in total. The van der Waals surface area contributed by atoms with Crippen molar-refractivity contribution in [2.75, 3.05) is 0 Å². The molecule has 0 aromatic heterocycles. The predicted molar refractivity (Wildman–Crippen MR) is 115 cm³/mol. The smallest absolute Gasteiger partial charge is 0.303 e. The molecule has 0 aliphatic heterocycles. The van der Waals surface area contributed by atoms with E-state index in [0.717, 1.165) is 25.7 Å². The lowest BCUT2D eigenvalue weighted by molar-refractivity contribution is -0.170. The molecule has 0 aromatic rings. The van der Waals surface area contributed by atoms with Crippen LogP contribution in [0.3, 0.4) is 0 Å². The first-order chi connectivity index (χ1) is 15.0. The Balaban J connectivity index is 1.71. The molecule has 0 radical (unpaired) electrons. The van der Waals surface area contributed by atoms with Crippen LogP contribution in [0.25, 0.3) is 0 Å². The minimum Gasteiger partial charge on any atom is -0.462 e. The van der Waals surface area contributed by atoms with Gasteiger partial charge in [-0.25, -0.2) is 0 Å². The van der Waals surface area contributed by atoms with Crippen LogP contribution in [0.1, 0.15) is 73.1 Å². The number of hydrogen-bond acceptors (Lipinski definition) is 7. The Morgan fingerprint density at radius 1 is 0.938 bits per heavy atom. The Morgan fingerprint density at radius 3 is 2.22 bits per heavy atom. The van der Waals surface area contributed by atoms with E-state index >= 15 is 0 Å². The van der Waals surface area contributed by atoms with E-state index in [2.05, 4.69) is 19.9 Å². The maximum absolute atomic E-state index is 12.0. The molecular weight excluding hydrogens is 412 g/mol. The Hall–Kier alpha value is -1.89. The summed E-state index contributed by atoms with van der Waals surface area (Å²) in [7, 11) is 0. The predicted octanol–water partition coefficient (Wildman–Crippen LogP) is 3.33. The summed E-state index contributed by atoms with van der Waals surface area (Å²) in [6, 6.07) is 0. The number of carbonyl (C=O) groups excluding carboxylic acids is 3. The first kappa shape index (κ1) is 23.3. The van der Waals surface area contributed by atoms with Crippen LogP contribution >= 0.6 is 0 Å². The van der Waals surface area contributed by atoms with Crippen LogP contribution in [0.5, 0.6) is 0 Å². The van der Waals surface area contributed by atoms with Crippen molar-refractivity contribution in [2.45, 2.75) is 97.6 Å². The van der Waals surface area contributed by atoms with Gasteiger partial charge in [0.1, 0.15) is 18.3 Å². The molecule has 0 bridgehead atoms. The van der Waals surface area contributed by atoms with Gasteiger partial charge in [-0.3, -0.25) is 14.4 Å². The maximum Gasteiger partial charge on any atom is 0.303 e. The summed E-state index contributed by atoms with van der Waals surface area (Å²) in [6.45, 7) is 8.66. The number of rotatable bonds is 3. The molecule has 4 aliphatic carbocycles. The molecule has 4 rings (SSSR count). The number of carbonyl (C=O) groups is 3. The fraction of sp³-hybridized carbons (Fsp3) is 0.800. The number of aliphatic hydroxyl groups is 1. The molecule has 0 heterocycles. The van der Waals surface area contributed by atoms with Crippen molar-refractivity contribution in [2.24, 2.45) is 28.6 Å². The lowest BCUT2D eigenvalue weighted by atomic mass is 9.47. The quantitative estimate of drug-likeness (QED) is 0.402. The fourth-order valence-electron chi connectivity index (χ4n) is 7.59. The summed E-state index contributed by atoms with van der Waals surface area (Å²) < 4.78 is 17.0. The van der Waals surface area contributed by atoms with Gasteiger partial charge in [-0.2, -0.15) is 0 Å². The van der Waals surface area contributed by atoms with Crippen LogP contribution in [-0.2, 0) is 28.6 Å². The van der Waals surface area contributed by atoms with E-state index in [1.54, 1.807) is 0 Å². The zero-order valence-corrected chi connectivity index (χ0v) is 19.8. The molecule has 7 nitrogen and oxygen atoms in total. The lowest BCUT2D eigenvalue weighted by Gasteiger charge is -2.59. The molecule has 0 saturated heterocycles. The minimum absolute atomic E-state index is 0.0480. The Bertz CT molecular complexity index is 834. The second-order valence-electron chi connectivity index (χ2n) is 10.8. The zero-order valence-electron chi connectivity index (χ0n) is 19.8. The van der Waals surface area contributed by atoms with E-state index in [9.17, 15) is 19.5 Å². The Labute approximate surface area is 189 Å². The van der Waals surface area contributed by atoms with Gasteiger partial charge in [0.25, 0.3) is 0 Å². The number of hydrogen-bond donors (Lipinski definition) is 1. The largest absolute Gasteiger partial charge is 0.462 e. The highest BCUT2D eigenvalue weighted by Gasteiger charge is 2.64. The summed E-state index contributed by atoms with van der Waals surface area (Å²) in [5.41, 5.74) is 0.784. The molecule has 32 heavy (non-hydrogen) atoms. The molecule has 9 atom stereocenters. The normalized spacial score (nSPS) is 44.9. The highest BCUT2D eigenvalue weighted by atomic mass is 16.6. The van der Waals surface area contributed by atoms with Crippen molar-refractivity contribution in [1.82, 2.24) is 0 Å². The number of esters is 3. The number of aliphatic hydroxyl groups excluding tert-OH is 1. The third-order valence-electron chi connectivity index (χ3n) is 8.92. The van der Waals surface area contributed by atoms with E-state index in [0.29, 0.717) is 12.8 Å². The van der Waals surface area contributed by atoms with Crippen LogP contribution in [0, 0.1) is 28.6 Å². The summed E-state index contributed by atoms with van der Waals surface area (Å²) >= 11 is 0. The molecule has 178 valence electrons. The SMILES string of the molecule is CC(=O)OC1CC[C@@]2(C)C(=CC(OC(C)=O)[C@@H]3[C@H]2CC[C@]2(C)C(OC(C)=O)C(O)C[C@@H]32)C1. The molecule has 4 aliphatic rings. The third kappa shape index (κ3) is 3.76. The molecule has 0 aromatic carbocycles. The first-order valence-corrected chi connectivity index (χ1v) is 11.9. The third-order valence-corrected chi connectivity index (χ3v) is 8.92. The van der Waals surface area contributed by atoms with Crippen LogP contribution in [-0.4, -0.2) is 47.4 Å². The van der Waals surface area contributed by atoms with E-state index in [-0.39, 0.29) is 52.6 Å². The van der Waals surface area contributed by atoms with Crippen LogP contribution < -0.4 is 0 Å². The topological polar surface area (TPSA) is 99.1 Å². The van der Waals surface area contributed by atoms with E-state index < -0.39 is 18.3 Å². The molecule has 0 spiro atoms. The number of ether oxygens (including phenoxy) is 3. The molecule has 7 heteroatoms. The van der Waals surface area contributed by atoms with Crippen molar-refractivity contribution in [1.29, 1.82) is 0 Å². The highest BCUT2D eigenvalue weighted by molar-refractivity contribution is 5.67. The Kier molecular flexibility index (Phi) is 5.93. The molecular formula is C25H36O7. The number of fused-ring (bicyclic) bond motifs is 5. The van der Waals surface area contributed by atoms with Gasteiger partial charge in [0, 0.05) is 38.5 Å². The lowest BCUT2D eigenvalue weighted by Crippen LogP contribution is -2.56. The van der Waals surface area contributed by atoms with Gasteiger partial charge in [0.05, 0.1) is 6.10 Å². The van der Waals surface area contributed by atoms with Gasteiger partial charge in [-0.15, -0.1) is 0 Å². The van der Waals surface area contributed by atoms with Crippen molar-refractivity contribution in [3.8, 4) is 0 Å². The minimum atomic E-state index is -0.719. The molecule has 0 amide bonds. The van der Waals surface area contributed by atoms with Crippen LogP contribution in [0.2, 0.25) is 0 Å². The van der Waals surface area contributed by atoms with E-state index in [4.69, 9.17) is 14.2 Å². The van der Waals surface area contributed by atoms with E-state index in [1.165, 1.54) is 26.3 Å². The average molecular weight is 449 g/mol. The summed E-state index contributed by atoms with van der Waals surface area (Å²) in [6.07, 6.45) is 4.96. The van der Waals surface area contributed by atoms with Gasteiger partial charge in [0.2, 0.25) is 0 Å². The fourth-order valence-corrected chi connectivity index (χ4v) is 7.59. The van der Waals surface area contributed by atoms with Crippen molar-refractivity contribution < 1.29 is 33.7 Å². The summed E-state index contributed by atoms with van der Waals surface area (Å²) in [5, 5.41) is 10.9. The maximum atomic E-state index is 12.0. The van der Waals surface area contributed by atoms with Crippen molar-refractivity contribution in [3.05, 3.63) is 11.6 Å². The standard InChI is InChI=1S/C25H36O7/c1-13(26)30-17-6-8-24(4)16(10-17)11-21(31-14(2)27)22-18(24)7-9-25(5)19(22)12-20(29)23(25)32-15(3)28/h11,17-23,29H,6-10,12H2,1-5H3/t17?,18-,19+,20?,21?,22-,23?,24+,25+/m1/s1. The second kappa shape index (κ2) is 8.15. The Morgan fingerprint density at radius 2 is 1.59 bits per heavy atom. The van der Waals surface area contributed by atoms with Crippen molar-refractivity contribution in [3.63, 3.8) is 0 Å². The van der Waals surface area contributed by atoms with Crippen LogP contribution in [0.4, 0.5) is 0 Å². The average Bonchev–Trinajstić information content (AvgIpc) is 2.92. The van der Waals surface area contributed by atoms with Gasteiger partial charge in [-0.05, 0) is 55.4 Å². The van der Waals surface area contributed by atoms with Gasteiger partial charge in [0.15, 0.2) is 0 Å². The molecule has 3 saturated carbocycles. The first-order valence-electron chi connectivity index (χ1n) is 11.9. The monoisotopic (exact) mass is 448 g/mol. The molecule has 3 fully saturated rings. The molecule has 4 unspecified atom stereocenters. The second-order valence-corrected chi connectivity index (χ2v) is 10.8. The zero-order chi connectivity index (χ0) is 23.4. The highest BCUT2D eigenvalue weighted by Crippen LogP contribution is 2.65.